The van der Waals surface area contributed by atoms with Crippen molar-refractivity contribution in [3.05, 3.63) is 36.0 Å². The van der Waals surface area contributed by atoms with Crippen molar-refractivity contribution < 1.29 is 18.3 Å². The van der Waals surface area contributed by atoms with Crippen LogP contribution in [0.2, 0.25) is 0 Å². The van der Waals surface area contributed by atoms with Crippen molar-refractivity contribution in [2.75, 3.05) is 13.1 Å². The summed E-state index contributed by atoms with van der Waals surface area (Å²) in [5.41, 5.74) is 1.20. The highest BCUT2D eigenvalue weighted by molar-refractivity contribution is 7.79. The van der Waals surface area contributed by atoms with Crippen molar-refractivity contribution in [1.29, 1.82) is 0 Å². The van der Waals surface area contributed by atoms with E-state index < -0.39 is 22.8 Å². The van der Waals surface area contributed by atoms with Crippen LogP contribution < -0.4 is 0 Å². The van der Waals surface area contributed by atoms with Crippen LogP contribution in [-0.2, 0) is 22.2 Å². The van der Waals surface area contributed by atoms with E-state index in [0.717, 1.165) is 42.4 Å². The van der Waals surface area contributed by atoms with Crippen molar-refractivity contribution in [1.82, 2.24) is 9.47 Å². The van der Waals surface area contributed by atoms with Gasteiger partial charge >= 0.3 is 6.09 Å². The predicted molar refractivity (Wildman–Crippen MR) is 103 cm³/mol. The van der Waals surface area contributed by atoms with Gasteiger partial charge < -0.3 is 9.29 Å². The molecular formula is C19H26N2O4S. The first-order valence-corrected chi connectivity index (χ1v) is 10.1. The van der Waals surface area contributed by atoms with Crippen LogP contribution >= 0.6 is 0 Å². The van der Waals surface area contributed by atoms with Gasteiger partial charge in [0.05, 0.1) is 5.52 Å². The number of nitrogens with zero attached hydrogens (tertiary/aromatic N) is 2. The molecule has 1 aromatic carbocycles. The van der Waals surface area contributed by atoms with E-state index in [1.54, 1.807) is 6.20 Å². The molecular weight excluding hydrogens is 352 g/mol. The highest BCUT2D eigenvalue weighted by atomic mass is 32.2. The lowest BCUT2D eigenvalue weighted by atomic mass is 10.1. The number of hydrogen-bond acceptors (Lipinski definition) is 4. The zero-order chi connectivity index (χ0) is 18.9. The van der Waals surface area contributed by atoms with Gasteiger partial charge in [-0.3, -0.25) is 9.47 Å². The molecule has 0 spiro atoms. The smallest absolute Gasteiger partial charge is 0.418 e. The first-order valence-electron chi connectivity index (χ1n) is 8.92. The second kappa shape index (κ2) is 7.50. The van der Waals surface area contributed by atoms with Crippen LogP contribution in [-0.4, -0.2) is 48.4 Å². The summed E-state index contributed by atoms with van der Waals surface area (Å²) in [6.07, 6.45) is 3.95. The Kier molecular flexibility index (Phi) is 5.50. The van der Waals surface area contributed by atoms with Crippen LogP contribution in [0, 0.1) is 0 Å². The number of hydrogen-bond donors (Lipinski definition) is 1. The lowest BCUT2D eigenvalue weighted by Gasteiger charge is -2.24. The Bertz CT molecular complexity index is 819. The van der Waals surface area contributed by atoms with Crippen LogP contribution in [0.4, 0.5) is 4.79 Å². The molecule has 1 N–H and O–H groups in total. The number of likely N-dealkylation sites (tertiary alicyclic amines) is 1. The van der Waals surface area contributed by atoms with Gasteiger partial charge in [-0.05, 0) is 70.5 Å². The molecule has 1 aliphatic rings. The van der Waals surface area contributed by atoms with E-state index >= 15 is 0 Å². The fourth-order valence-corrected chi connectivity index (χ4v) is 4.15. The van der Waals surface area contributed by atoms with Crippen LogP contribution in [0.25, 0.3) is 10.9 Å². The van der Waals surface area contributed by atoms with Gasteiger partial charge in [0.15, 0.2) is 11.1 Å². The average molecular weight is 378 g/mol. The molecule has 26 heavy (non-hydrogen) atoms. The van der Waals surface area contributed by atoms with E-state index in [1.165, 1.54) is 4.57 Å². The van der Waals surface area contributed by atoms with Gasteiger partial charge in [-0.15, -0.1) is 0 Å². The normalized spacial score (nSPS) is 18.2. The molecule has 0 aliphatic carbocycles. The molecule has 3 rings (SSSR count). The molecule has 0 bridgehead atoms. The predicted octanol–water partition coefficient (Wildman–Crippen LogP) is 3.61. The number of aromatic nitrogens is 1. The largest absolute Gasteiger partial charge is 0.443 e. The van der Waals surface area contributed by atoms with E-state index in [9.17, 15) is 13.6 Å². The summed E-state index contributed by atoms with van der Waals surface area (Å²) in [5, 5.41) is 0.528. The van der Waals surface area contributed by atoms with Crippen molar-refractivity contribution in [3.8, 4) is 0 Å². The fourth-order valence-electron chi connectivity index (χ4n) is 3.35. The zero-order valence-corrected chi connectivity index (χ0v) is 16.3. The molecule has 1 aromatic heterocycles. The minimum Gasteiger partial charge on any atom is -0.443 e. The molecule has 2 heterocycles. The monoisotopic (exact) mass is 378 g/mol. The standard InChI is InChI=1S/C19H26N2O4S/c1-19(2,3)25-18(22)21-11-8-15-12-14(6-7-16(15)21)13-17(26(23)24)20-9-4-5-10-20/h6-8,11-12,17H,4-5,9-10,13H2,1-3H3,(H,23,24). The number of carbonyl (C=O) groups excluding carboxylic acids is 1. The molecule has 2 aromatic rings. The van der Waals surface area contributed by atoms with Crippen LogP contribution in [0.15, 0.2) is 30.5 Å². The van der Waals surface area contributed by atoms with Gasteiger partial charge in [0.2, 0.25) is 0 Å². The third kappa shape index (κ3) is 4.34. The number of fused-ring (bicyclic) bond motifs is 1. The second-order valence-corrected chi connectivity index (χ2v) is 8.83. The number of benzene rings is 1. The molecule has 2 unspecified atom stereocenters. The summed E-state index contributed by atoms with van der Waals surface area (Å²) in [6.45, 7) is 7.25. The number of carbonyl (C=O) groups is 1. The molecule has 0 radical (unpaired) electrons. The maximum Gasteiger partial charge on any atom is 0.418 e. The minimum absolute atomic E-state index is 0.386. The zero-order valence-electron chi connectivity index (χ0n) is 15.5. The molecule has 0 amide bonds. The van der Waals surface area contributed by atoms with Crippen molar-refractivity contribution in [2.24, 2.45) is 0 Å². The molecule has 1 aliphatic heterocycles. The van der Waals surface area contributed by atoms with Crippen LogP contribution in [0.5, 0.6) is 0 Å². The summed E-state index contributed by atoms with van der Waals surface area (Å²) in [5.74, 6) is 0. The van der Waals surface area contributed by atoms with Gasteiger partial charge in [0.25, 0.3) is 0 Å². The summed E-state index contributed by atoms with van der Waals surface area (Å²) >= 11 is -1.89. The third-order valence-corrected chi connectivity index (χ3v) is 5.47. The van der Waals surface area contributed by atoms with Crippen molar-refractivity contribution in [3.63, 3.8) is 0 Å². The average Bonchev–Trinajstić information content (AvgIpc) is 3.19. The van der Waals surface area contributed by atoms with Gasteiger partial charge in [-0.1, -0.05) is 6.07 Å². The van der Waals surface area contributed by atoms with Gasteiger partial charge in [-0.2, -0.15) is 0 Å². The lowest BCUT2D eigenvalue weighted by molar-refractivity contribution is 0.0544. The Hall–Kier alpha value is -1.70. The minimum atomic E-state index is -1.89. The number of rotatable bonds is 4. The van der Waals surface area contributed by atoms with Crippen LogP contribution in [0.3, 0.4) is 0 Å². The van der Waals surface area contributed by atoms with E-state index in [-0.39, 0.29) is 5.37 Å². The molecule has 1 saturated heterocycles. The van der Waals surface area contributed by atoms with E-state index in [0.29, 0.717) is 6.42 Å². The maximum atomic E-state index is 12.3. The maximum absolute atomic E-state index is 12.3. The van der Waals surface area contributed by atoms with Gasteiger partial charge in [-0.25, -0.2) is 9.00 Å². The summed E-state index contributed by atoms with van der Waals surface area (Å²) in [4.78, 5) is 14.4. The summed E-state index contributed by atoms with van der Waals surface area (Å²) < 4.78 is 28.4. The second-order valence-electron chi connectivity index (χ2n) is 7.74. The highest BCUT2D eigenvalue weighted by Crippen LogP contribution is 2.23. The SMILES string of the molecule is CC(C)(C)OC(=O)n1ccc2cc(CC(N3CCCC3)S(=O)O)ccc21. The van der Waals surface area contributed by atoms with Crippen LogP contribution in [0.1, 0.15) is 39.2 Å². The summed E-state index contributed by atoms with van der Waals surface area (Å²) in [7, 11) is 0. The Morgan fingerprint density at radius 1 is 1.27 bits per heavy atom. The Balaban J connectivity index is 1.81. The molecule has 6 nitrogen and oxygen atoms in total. The highest BCUT2D eigenvalue weighted by Gasteiger charge is 2.27. The van der Waals surface area contributed by atoms with Gasteiger partial charge in [0, 0.05) is 18.0 Å². The molecule has 1 fully saturated rings. The van der Waals surface area contributed by atoms with E-state index in [4.69, 9.17) is 4.74 Å². The molecule has 0 saturated carbocycles. The number of ether oxygens (including phenoxy) is 1. The van der Waals surface area contributed by atoms with E-state index in [2.05, 4.69) is 4.90 Å². The summed E-state index contributed by atoms with van der Waals surface area (Å²) in [6, 6.07) is 7.63. The van der Waals surface area contributed by atoms with E-state index in [1.807, 2.05) is 45.0 Å². The Labute approximate surface area is 156 Å². The Morgan fingerprint density at radius 3 is 2.58 bits per heavy atom. The lowest BCUT2D eigenvalue weighted by Crippen LogP contribution is -2.37. The third-order valence-electron chi connectivity index (χ3n) is 4.54. The van der Waals surface area contributed by atoms with Gasteiger partial charge in [0.1, 0.15) is 11.0 Å². The van der Waals surface area contributed by atoms with Crippen molar-refractivity contribution >= 4 is 28.1 Å². The quantitative estimate of drug-likeness (QED) is 0.823. The molecule has 2 atom stereocenters. The molecule has 7 heteroatoms. The Morgan fingerprint density at radius 2 is 1.96 bits per heavy atom. The molecule has 142 valence electrons. The van der Waals surface area contributed by atoms with Crippen molar-refractivity contribution in [2.45, 2.75) is 51.0 Å². The fraction of sp³-hybridized carbons (Fsp3) is 0.526. The first kappa shape index (κ1) is 19.1. The topological polar surface area (TPSA) is 71.8 Å². The first-order chi connectivity index (χ1) is 12.2.